The van der Waals surface area contributed by atoms with E-state index >= 15 is 0 Å². The fourth-order valence-corrected chi connectivity index (χ4v) is 1.85. The molecular formula is C13H11BO2. The molecule has 78 valence electrons. The van der Waals surface area contributed by atoms with Crippen LogP contribution in [0.25, 0.3) is 0 Å². The molecule has 0 atom stereocenters. The first-order chi connectivity index (χ1) is 7.83. The molecule has 0 aromatic heterocycles. The van der Waals surface area contributed by atoms with Crippen molar-refractivity contribution in [3.63, 3.8) is 0 Å². The summed E-state index contributed by atoms with van der Waals surface area (Å²) in [6, 6.07) is 15.9. The summed E-state index contributed by atoms with van der Waals surface area (Å²) in [4.78, 5) is 0. The summed E-state index contributed by atoms with van der Waals surface area (Å²) in [6.45, 7) is 2.06. The zero-order chi connectivity index (χ0) is 11.0. The van der Waals surface area contributed by atoms with Gasteiger partial charge in [-0.25, -0.2) is 0 Å². The number of benzene rings is 2. The second-order valence-electron chi connectivity index (χ2n) is 3.93. The quantitative estimate of drug-likeness (QED) is 0.671. The number of hydrogen-bond donors (Lipinski definition) is 0. The molecule has 16 heavy (non-hydrogen) atoms. The van der Waals surface area contributed by atoms with Gasteiger partial charge in [0.05, 0.1) is 0 Å². The first kappa shape index (κ1) is 9.34. The molecule has 1 aliphatic heterocycles. The summed E-state index contributed by atoms with van der Waals surface area (Å²) in [5, 5.41) is 0. The van der Waals surface area contributed by atoms with Crippen LogP contribution in [0.1, 0.15) is 5.56 Å². The fourth-order valence-electron chi connectivity index (χ4n) is 1.85. The van der Waals surface area contributed by atoms with Crippen LogP contribution in [0.3, 0.4) is 0 Å². The second kappa shape index (κ2) is 3.60. The van der Waals surface area contributed by atoms with Crippen molar-refractivity contribution in [1.29, 1.82) is 0 Å². The van der Waals surface area contributed by atoms with E-state index in [2.05, 4.69) is 19.1 Å². The van der Waals surface area contributed by atoms with E-state index in [0.717, 1.165) is 17.0 Å². The van der Waals surface area contributed by atoms with Crippen molar-refractivity contribution < 1.29 is 9.31 Å². The number of rotatable bonds is 1. The molecule has 1 aliphatic rings. The Labute approximate surface area is 95.0 Å². The second-order valence-corrected chi connectivity index (χ2v) is 3.93. The van der Waals surface area contributed by atoms with Crippen LogP contribution < -0.4 is 14.8 Å². The Morgan fingerprint density at radius 2 is 1.56 bits per heavy atom. The zero-order valence-electron chi connectivity index (χ0n) is 9.01. The summed E-state index contributed by atoms with van der Waals surface area (Å²) in [7, 11) is -0.308. The van der Waals surface area contributed by atoms with Gasteiger partial charge in [0.1, 0.15) is 11.5 Å². The highest BCUT2D eigenvalue weighted by molar-refractivity contribution is 6.63. The third-order valence-corrected chi connectivity index (χ3v) is 2.63. The van der Waals surface area contributed by atoms with Crippen molar-refractivity contribution in [3.05, 3.63) is 54.1 Å². The molecule has 0 amide bonds. The molecule has 0 unspecified atom stereocenters. The third-order valence-electron chi connectivity index (χ3n) is 2.63. The molecule has 2 nitrogen and oxygen atoms in total. The van der Waals surface area contributed by atoms with Gasteiger partial charge in [-0.3, -0.25) is 0 Å². The standard InChI is InChI=1S/C13H11BO2/c1-10-5-4-6-11(9-10)14-15-12-7-2-3-8-13(12)16-14/h2-9H,1H3. The Morgan fingerprint density at radius 3 is 2.19 bits per heavy atom. The number of aryl methyl sites for hydroxylation is 1. The molecule has 0 spiro atoms. The highest BCUT2D eigenvalue weighted by atomic mass is 16.6. The lowest BCUT2D eigenvalue weighted by Crippen LogP contribution is -2.39. The molecular weight excluding hydrogens is 199 g/mol. The first-order valence-electron chi connectivity index (χ1n) is 5.32. The van der Waals surface area contributed by atoms with Gasteiger partial charge in [0, 0.05) is 5.46 Å². The van der Waals surface area contributed by atoms with Crippen molar-refractivity contribution in [2.75, 3.05) is 0 Å². The van der Waals surface area contributed by atoms with Crippen LogP contribution in [-0.2, 0) is 0 Å². The topological polar surface area (TPSA) is 18.5 Å². The number of fused-ring (bicyclic) bond motifs is 1. The predicted octanol–water partition coefficient (Wildman–Crippen LogP) is 2.16. The van der Waals surface area contributed by atoms with Gasteiger partial charge in [0.15, 0.2) is 0 Å². The van der Waals surface area contributed by atoms with Gasteiger partial charge < -0.3 is 9.31 Å². The first-order valence-corrected chi connectivity index (χ1v) is 5.32. The van der Waals surface area contributed by atoms with Crippen molar-refractivity contribution >= 4 is 12.6 Å². The van der Waals surface area contributed by atoms with E-state index < -0.39 is 0 Å². The molecule has 0 aliphatic carbocycles. The minimum Gasteiger partial charge on any atom is -0.519 e. The Hall–Kier alpha value is -1.90. The summed E-state index contributed by atoms with van der Waals surface area (Å²) < 4.78 is 11.5. The lowest BCUT2D eigenvalue weighted by atomic mass is 9.79. The van der Waals surface area contributed by atoms with Gasteiger partial charge in [-0.15, -0.1) is 0 Å². The van der Waals surface area contributed by atoms with Gasteiger partial charge in [-0.2, -0.15) is 0 Å². The van der Waals surface area contributed by atoms with E-state index in [9.17, 15) is 0 Å². The van der Waals surface area contributed by atoms with Crippen LogP contribution in [0.15, 0.2) is 48.5 Å². The van der Waals surface area contributed by atoms with E-state index in [-0.39, 0.29) is 7.12 Å². The van der Waals surface area contributed by atoms with Crippen molar-refractivity contribution in [2.45, 2.75) is 6.92 Å². The minimum absolute atomic E-state index is 0.308. The van der Waals surface area contributed by atoms with Crippen LogP contribution in [0.5, 0.6) is 11.5 Å². The number of hydrogen-bond acceptors (Lipinski definition) is 2. The van der Waals surface area contributed by atoms with Crippen LogP contribution in [0, 0.1) is 6.92 Å². The Bertz CT molecular complexity index is 500. The normalized spacial score (nSPS) is 12.9. The lowest BCUT2D eigenvalue weighted by Gasteiger charge is -2.05. The van der Waals surface area contributed by atoms with Gasteiger partial charge in [0.2, 0.25) is 0 Å². The molecule has 0 saturated heterocycles. The van der Waals surface area contributed by atoms with Gasteiger partial charge in [-0.1, -0.05) is 42.0 Å². The van der Waals surface area contributed by atoms with Crippen LogP contribution in [-0.4, -0.2) is 7.12 Å². The summed E-state index contributed by atoms with van der Waals surface area (Å²) in [5.41, 5.74) is 2.26. The maximum absolute atomic E-state index is 5.73. The van der Waals surface area contributed by atoms with E-state index in [1.165, 1.54) is 5.56 Å². The molecule has 0 saturated carbocycles. The molecule has 3 rings (SSSR count). The SMILES string of the molecule is Cc1cccc(B2Oc3ccccc3O2)c1. The van der Waals surface area contributed by atoms with Crippen LogP contribution >= 0.6 is 0 Å². The van der Waals surface area contributed by atoms with E-state index in [1.807, 2.05) is 36.4 Å². The van der Waals surface area contributed by atoms with Gasteiger partial charge in [-0.05, 0) is 19.1 Å². The Kier molecular flexibility index (Phi) is 2.10. The van der Waals surface area contributed by atoms with Crippen molar-refractivity contribution in [3.8, 4) is 11.5 Å². The molecule has 2 aromatic rings. The third kappa shape index (κ3) is 1.54. The Balaban J connectivity index is 1.91. The summed E-state index contributed by atoms with van der Waals surface area (Å²) in [5.74, 6) is 1.63. The predicted molar refractivity (Wildman–Crippen MR) is 64.3 cm³/mol. The molecule has 0 radical (unpaired) electrons. The fraction of sp³-hybridized carbons (Fsp3) is 0.0769. The summed E-state index contributed by atoms with van der Waals surface area (Å²) >= 11 is 0. The lowest BCUT2D eigenvalue weighted by molar-refractivity contribution is 0.519. The van der Waals surface area contributed by atoms with Gasteiger partial charge in [0.25, 0.3) is 0 Å². The maximum atomic E-state index is 5.73. The molecule has 0 bridgehead atoms. The number of para-hydroxylation sites is 2. The monoisotopic (exact) mass is 210 g/mol. The van der Waals surface area contributed by atoms with Crippen LogP contribution in [0.4, 0.5) is 0 Å². The van der Waals surface area contributed by atoms with Gasteiger partial charge >= 0.3 is 7.12 Å². The summed E-state index contributed by atoms with van der Waals surface area (Å²) in [6.07, 6.45) is 0. The maximum Gasteiger partial charge on any atom is 0.632 e. The van der Waals surface area contributed by atoms with Crippen molar-refractivity contribution in [1.82, 2.24) is 0 Å². The molecule has 1 heterocycles. The average Bonchev–Trinajstić information content (AvgIpc) is 2.72. The smallest absolute Gasteiger partial charge is 0.519 e. The largest absolute Gasteiger partial charge is 0.632 e. The molecule has 0 fully saturated rings. The molecule has 3 heteroatoms. The minimum atomic E-state index is -0.308. The Morgan fingerprint density at radius 1 is 0.875 bits per heavy atom. The molecule has 2 aromatic carbocycles. The molecule has 0 N–H and O–H groups in total. The van der Waals surface area contributed by atoms with Crippen molar-refractivity contribution in [2.24, 2.45) is 0 Å². The van der Waals surface area contributed by atoms with E-state index in [0.29, 0.717) is 0 Å². The van der Waals surface area contributed by atoms with E-state index in [1.54, 1.807) is 0 Å². The van der Waals surface area contributed by atoms with E-state index in [4.69, 9.17) is 9.31 Å². The van der Waals surface area contributed by atoms with Crippen LogP contribution in [0.2, 0.25) is 0 Å². The zero-order valence-corrected chi connectivity index (χ0v) is 9.01. The highest BCUT2D eigenvalue weighted by Gasteiger charge is 2.33. The average molecular weight is 210 g/mol. The highest BCUT2D eigenvalue weighted by Crippen LogP contribution is 2.32.